The molecule has 0 fully saturated rings. The lowest BCUT2D eigenvalue weighted by molar-refractivity contribution is 0.0958. The number of aryl methyl sites for hydroxylation is 1. The Morgan fingerprint density at radius 3 is 2.73 bits per heavy atom. The molecule has 11 heavy (non-hydrogen) atoms. The Morgan fingerprint density at radius 2 is 2.36 bits per heavy atom. The van der Waals surface area contributed by atoms with E-state index in [0.29, 0.717) is 10.4 Å². The molecular weight excluding hydrogens is 210 g/mol. The highest BCUT2D eigenvalue weighted by Gasteiger charge is 2.11. The van der Waals surface area contributed by atoms with Gasteiger partial charge in [-0.25, -0.2) is 4.98 Å². The van der Waals surface area contributed by atoms with Crippen molar-refractivity contribution in [3.8, 4) is 0 Å². The number of nitrogens with one attached hydrogen (secondary N) is 2. The van der Waals surface area contributed by atoms with E-state index in [1.807, 2.05) is 0 Å². The van der Waals surface area contributed by atoms with Gasteiger partial charge in [0.2, 0.25) is 0 Å². The van der Waals surface area contributed by atoms with Crippen LogP contribution in [0.3, 0.4) is 0 Å². The van der Waals surface area contributed by atoms with E-state index >= 15 is 0 Å². The summed E-state index contributed by atoms with van der Waals surface area (Å²) in [6, 6.07) is 0. The predicted octanol–water partition coefficient (Wildman–Crippen LogP) is 0.840. The maximum atomic E-state index is 11.0. The third-order valence-corrected chi connectivity index (χ3v) is 1.67. The van der Waals surface area contributed by atoms with Crippen LogP contribution in [0.1, 0.15) is 16.2 Å². The number of amides is 1. The van der Waals surface area contributed by atoms with Gasteiger partial charge >= 0.3 is 0 Å². The lowest BCUT2D eigenvalue weighted by Crippen LogP contribution is -2.19. The molecule has 5 heteroatoms. The van der Waals surface area contributed by atoms with Crippen LogP contribution in [0.4, 0.5) is 0 Å². The number of carbonyl (C=O) groups is 1. The molecule has 1 aromatic rings. The van der Waals surface area contributed by atoms with Crippen molar-refractivity contribution in [1.82, 2.24) is 15.3 Å². The smallest absolute Gasteiger partial charge is 0.271 e. The van der Waals surface area contributed by atoms with E-state index in [2.05, 4.69) is 31.2 Å². The molecule has 0 saturated heterocycles. The van der Waals surface area contributed by atoms with Gasteiger partial charge in [-0.1, -0.05) is 0 Å². The molecule has 0 radical (unpaired) electrons. The van der Waals surface area contributed by atoms with Crippen LogP contribution in [0.5, 0.6) is 0 Å². The Hall–Kier alpha value is -0.840. The summed E-state index contributed by atoms with van der Waals surface area (Å²) in [5.41, 5.74) is 1.19. The van der Waals surface area contributed by atoms with Crippen LogP contribution in [-0.4, -0.2) is 22.9 Å². The molecule has 60 valence electrons. The van der Waals surface area contributed by atoms with E-state index in [9.17, 15) is 4.79 Å². The molecule has 0 aliphatic rings. The first-order valence-electron chi connectivity index (χ1n) is 3.09. The molecule has 0 atom stereocenters. The molecule has 0 aromatic carbocycles. The zero-order valence-corrected chi connectivity index (χ0v) is 7.82. The van der Waals surface area contributed by atoms with Gasteiger partial charge in [0.1, 0.15) is 5.69 Å². The topological polar surface area (TPSA) is 57.8 Å². The maximum absolute atomic E-state index is 11.0. The van der Waals surface area contributed by atoms with Crippen molar-refractivity contribution < 1.29 is 4.79 Å². The van der Waals surface area contributed by atoms with E-state index in [4.69, 9.17) is 0 Å². The quantitative estimate of drug-likeness (QED) is 0.733. The number of aromatic nitrogens is 2. The van der Waals surface area contributed by atoms with Gasteiger partial charge in [0.15, 0.2) is 4.73 Å². The number of nitrogens with zero attached hydrogens (tertiary/aromatic N) is 1. The summed E-state index contributed by atoms with van der Waals surface area (Å²) in [6.07, 6.45) is 0. The third-order valence-electron chi connectivity index (χ3n) is 1.30. The minimum Gasteiger partial charge on any atom is -0.354 e. The van der Waals surface area contributed by atoms with Crippen LogP contribution in [0.2, 0.25) is 0 Å². The fourth-order valence-electron chi connectivity index (χ4n) is 0.763. The van der Waals surface area contributed by atoms with Gasteiger partial charge in [-0.05, 0) is 22.9 Å². The fourth-order valence-corrected chi connectivity index (χ4v) is 1.24. The minimum atomic E-state index is -0.176. The lowest BCUT2D eigenvalue weighted by Gasteiger charge is -1.93. The first kappa shape index (κ1) is 8.26. The van der Waals surface area contributed by atoms with Crippen LogP contribution < -0.4 is 5.32 Å². The molecule has 0 unspecified atom stereocenters. The second kappa shape index (κ2) is 3.04. The molecule has 1 amide bonds. The average Bonchev–Trinajstić information content (AvgIpc) is 2.28. The first-order chi connectivity index (χ1) is 5.15. The van der Waals surface area contributed by atoms with E-state index in [0.717, 1.165) is 5.69 Å². The molecular formula is C6H8BrN3O. The van der Waals surface area contributed by atoms with Gasteiger partial charge < -0.3 is 10.3 Å². The van der Waals surface area contributed by atoms with Crippen molar-refractivity contribution in [3.05, 3.63) is 16.1 Å². The van der Waals surface area contributed by atoms with E-state index in [1.54, 1.807) is 14.0 Å². The van der Waals surface area contributed by atoms with Crippen molar-refractivity contribution in [2.24, 2.45) is 0 Å². The van der Waals surface area contributed by atoms with E-state index in [-0.39, 0.29) is 5.91 Å². The molecule has 1 aromatic heterocycles. The Kier molecular flexibility index (Phi) is 2.28. The summed E-state index contributed by atoms with van der Waals surface area (Å²) in [6.45, 7) is 1.79. The van der Waals surface area contributed by atoms with Crippen LogP contribution in [-0.2, 0) is 0 Å². The number of H-pyrrole nitrogens is 1. The highest BCUT2D eigenvalue weighted by molar-refractivity contribution is 9.10. The average molecular weight is 218 g/mol. The highest BCUT2D eigenvalue weighted by atomic mass is 79.9. The van der Waals surface area contributed by atoms with Gasteiger partial charge in [0.25, 0.3) is 5.91 Å². The number of imidazole rings is 1. The van der Waals surface area contributed by atoms with Crippen molar-refractivity contribution in [3.63, 3.8) is 0 Å². The number of hydrogen-bond acceptors (Lipinski definition) is 2. The highest BCUT2D eigenvalue weighted by Crippen LogP contribution is 2.08. The second-order valence-corrected chi connectivity index (χ2v) is 2.83. The molecule has 1 heterocycles. The summed E-state index contributed by atoms with van der Waals surface area (Å²) in [4.78, 5) is 17.8. The molecule has 0 saturated carbocycles. The minimum absolute atomic E-state index is 0.176. The third kappa shape index (κ3) is 1.59. The lowest BCUT2D eigenvalue weighted by atomic mass is 10.3. The zero-order valence-electron chi connectivity index (χ0n) is 6.23. The standard InChI is InChI=1S/C6H8BrN3O/c1-3-4(5(11)8-2)10-6(7)9-3/h1-2H3,(H,8,11)(H,9,10). The maximum Gasteiger partial charge on any atom is 0.271 e. The normalized spacial score (nSPS) is 9.73. The SMILES string of the molecule is CNC(=O)c1nc(Br)[nH]c1C. The number of aromatic amines is 1. The molecule has 0 spiro atoms. The van der Waals surface area contributed by atoms with Crippen molar-refractivity contribution >= 4 is 21.8 Å². The van der Waals surface area contributed by atoms with Crippen molar-refractivity contribution in [2.75, 3.05) is 7.05 Å². The summed E-state index contributed by atoms with van der Waals surface area (Å²) in [7, 11) is 1.57. The van der Waals surface area contributed by atoms with Crippen molar-refractivity contribution in [2.45, 2.75) is 6.92 Å². The number of rotatable bonds is 1. The van der Waals surface area contributed by atoms with Gasteiger partial charge in [0.05, 0.1) is 0 Å². The van der Waals surface area contributed by atoms with Gasteiger partial charge in [-0.15, -0.1) is 0 Å². The molecule has 0 aliphatic carbocycles. The Balaban J connectivity index is 3.03. The Labute approximate surface area is 72.5 Å². The molecule has 0 bridgehead atoms. The largest absolute Gasteiger partial charge is 0.354 e. The van der Waals surface area contributed by atoms with E-state index < -0.39 is 0 Å². The summed E-state index contributed by atoms with van der Waals surface area (Å²) < 4.78 is 0.577. The van der Waals surface area contributed by atoms with Crippen LogP contribution in [0, 0.1) is 6.92 Å². The van der Waals surface area contributed by atoms with Crippen LogP contribution in [0.25, 0.3) is 0 Å². The van der Waals surface area contributed by atoms with Crippen molar-refractivity contribution in [1.29, 1.82) is 0 Å². The fraction of sp³-hybridized carbons (Fsp3) is 0.333. The molecule has 0 aliphatic heterocycles. The molecule has 2 N–H and O–H groups in total. The molecule has 1 rings (SSSR count). The van der Waals surface area contributed by atoms with Gasteiger partial charge in [-0.3, -0.25) is 4.79 Å². The Morgan fingerprint density at radius 1 is 1.73 bits per heavy atom. The molecule has 4 nitrogen and oxygen atoms in total. The van der Waals surface area contributed by atoms with Crippen LogP contribution >= 0.6 is 15.9 Å². The van der Waals surface area contributed by atoms with E-state index in [1.165, 1.54) is 0 Å². The Bertz CT molecular complexity index is 281. The second-order valence-electron chi connectivity index (χ2n) is 2.08. The first-order valence-corrected chi connectivity index (χ1v) is 3.88. The van der Waals surface area contributed by atoms with Crippen LogP contribution in [0.15, 0.2) is 4.73 Å². The predicted molar refractivity (Wildman–Crippen MR) is 44.4 cm³/mol. The number of hydrogen-bond donors (Lipinski definition) is 2. The zero-order chi connectivity index (χ0) is 8.43. The number of halogens is 1. The summed E-state index contributed by atoms with van der Waals surface area (Å²) in [5, 5.41) is 2.49. The summed E-state index contributed by atoms with van der Waals surface area (Å²) in [5.74, 6) is -0.176. The summed E-state index contributed by atoms with van der Waals surface area (Å²) >= 11 is 3.13. The van der Waals surface area contributed by atoms with Gasteiger partial charge in [0, 0.05) is 12.7 Å². The monoisotopic (exact) mass is 217 g/mol. The number of carbonyl (C=O) groups excluding carboxylic acids is 1. The van der Waals surface area contributed by atoms with Gasteiger partial charge in [-0.2, -0.15) is 0 Å².